The van der Waals surface area contributed by atoms with E-state index in [-0.39, 0.29) is 19.2 Å². The van der Waals surface area contributed by atoms with E-state index in [1.54, 1.807) is 11.0 Å². The van der Waals surface area contributed by atoms with Gasteiger partial charge in [0.25, 0.3) is 0 Å². The van der Waals surface area contributed by atoms with Crippen molar-refractivity contribution in [3.8, 4) is 5.75 Å². The van der Waals surface area contributed by atoms with Crippen LogP contribution >= 0.6 is 15.9 Å². The number of nitrogens with zero attached hydrogens (tertiary/aromatic N) is 2. The average molecular weight is 465 g/mol. The molecule has 0 fully saturated rings. The lowest BCUT2D eigenvalue weighted by atomic mass is 10.0. The quantitative estimate of drug-likeness (QED) is 0.611. The minimum absolute atomic E-state index is 0.182. The van der Waals surface area contributed by atoms with Crippen LogP contribution in [0.2, 0.25) is 0 Å². The van der Waals surface area contributed by atoms with E-state index in [0.29, 0.717) is 41.8 Å². The van der Waals surface area contributed by atoms with Crippen LogP contribution in [0.15, 0.2) is 10.5 Å². The maximum atomic E-state index is 13.0. The molecule has 0 unspecified atom stereocenters. The van der Waals surface area contributed by atoms with Gasteiger partial charge in [-0.05, 0) is 66.7 Å². The van der Waals surface area contributed by atoms with Crippen molar-refractivity contribution in [2.45, 2.75) is 45.4 Å². The third kappa shape index (κ3) is 4.85. The second-order valence-corrected chi connectivity index (χ2v) is 8.82. The molecule has 1 aromatic carbocycles. The summed E-state index contributed by atoms with van der Waals surface area (Å²) in [5, 5.41) is 0. The number of carbonyl (C=O) groups excluding carboxylic acids is 1. The van der Waals surface area contributed by atoms with Crippen molar-refractivity contribution in [3.63, 3.8) is 0 Å². The summed E-state index contributed by atoms with van der Waals surface area (Å²) in [6.07, 6.45) is -3.55. The lowest BCUT2D eigenvalue weighted by molar-refractivity contribution is -0.120. The van der Waals surface area contributed by atoms with Crippen LogP contribution < -0.4 is 9.64 Å². The first kappa shape index (κ1) is 21.1. The molecule has 0 spiro atoms. The predicted octanol–water partition coefficient (Wildman–Crippen LogP) is 4.55. The maximum Gasteiger partial charge on any atom is 0.410 e. The number of fused-ring (bicyclic) bond motifs is 2. The topological polar surface area (TPSA) is 42.0 Å². The van der Waals surface area contributed by atoms with E-state index in [2.05, 4.69) is 15.9 Å². The molecule has 2 aliphatic rings. The second kappa shape index (κ2) is 7.65. The van der Waals surface area contributed by atoms with Gasteiger partial charge in [-0.25, -0.2) is 4.79 Å². The molecule has 2 aliphatic heterocycles. The number of hydrogen-bond donors (Lipinski definition) is 0. The van der Waals surface area contributed by atoms with Gasteiger partial charge in [0.15, 0.2) is 5.75 Å². The van der Waals surface area contributed by atoms with Gasteiger partial charge in [0, 0.05) is 13.1 Å². The minimum Gasteiger partial charge on any atom is -0.488 e. The van der Waals surface area contributed by atoms with Gasteiger partial charge in [-0.1, -0.05) is 0 Å². The summed E-state index contributed by atoms with van der Waals surface area (Å²) in [4.78, 5) is 15.4. The molecule has 0 aliphatic carbocycles. The van der Waals surface area contributed by atoms with E-state index in [0.717, 1.165) is 11.1 Å². The fourth-order valence-corrected chi connectivity index (χ4v) is 4.23. The van der Waals surface area contributed by atoms with Gasteiger partial charge in [-0.3, -0.25) is 0 Å². The van der Waals surface area contributed by atoms with Crippen LogP contribution in [-0.4, -0.2) is 55.6 Å². The Morgan fingerprint density at radius 3 is 2.54 bits per heavy atom. The highest BCUT2D eigenvalue weighted by Crippen LogP contribution is 2.44. The van der Waals surface area contributed by atoms with Crippen molar-refractivity contribution in [3.05, 3.63) is 21.7 Å². The van der Waals surface area contributed by atoms with Crippen LogP contribution in [0.4, 0.5) is 23.7 Å². The number of alkyl halides is 3. The molecule has 2 heterocycles. The van der Waals surface area contributed by atoms with Crippen LogP contribution in [0, 0.1) is 0 Å². The summed E-state index contributed by atoms with van der Waals surface area (Å²) >= 11 is 3.53. The molecule has 9 heteroatoms. The molecule has 0 saturated carbocycles. The van der Waals surface area contributed by atoms with Crippen LogP contribution in [0.25, 0.3) is 0 Å². The zero-order valence-corrected chi connectivity index (χ0v) is 17.7. The molecule has 28 heavy (non-hydrogen) atoms. The number of rotatable bonds is 1. The van der Waals surface area contributed by atoms with Crippen LogP contribution in [0.5, 0.6) is 5.75 Å². The Morgan fingerprint density at radius 1 is 1.21 bits per heavy atom. The minimum atomic E-state index is -4.29. The first-order valence-corrected chi connectivity index (χ1v) is 10.0. The molecule has 3 rings (SSSR count). The van der Waals surface area contributed by atoms with Gasteiger partial charge in [0.2, 0.25) is 0 Å². The van der Waals surface area contributed by atoms with Gasteiger partial charge in [0.05, 0.1) is 16.7 Å². The third-order valence-electron chi connectivity index (χ3n) is 4.65. The summed E-state index contributed by atoms with van der Waals surface area (Å²) in [7, 11) is 0. The van der Waals surface area contributed by atoms with E-state index < -0.39 is 18.3 Å². The smallest absolute Gasteiger partial charge is 0.410 e. The Kier molecular flexibility index (Phi) is 5.76. The molecule has 0 aromatic heterocycles. The molecule has 0 N–H and O–H groups in total. The van der Waals surface area contributed by atoms with Crippen LogP contribution in [0.3, 0.4) is 0 Å². The molecular formula is C19H24BrF3N2O3. The fourth-order valence-electron chi connectivity index (χ4n) is 3.46. The monoisotopic (exact) mass is 464 g/mol. The first-order chi connectivity index (χ1) is 12.9. The van der Waals surface area contributed by atoms with Crippen molar-refractivity contribution in [1.29, 1.82) is 0 Å². The number of hydrogen-bond acceptors (Lipinski definition) is 4. The Balaban J connectivity index is 1.86. The van der Waals surface area contributed by atoms with E-state index >= 15 is 0 Å². The van der Waals surface area contributed by atoms with E-state index in [9.17, 15) is 18.0 Å². The van der Waals surface area contributed by atoms with E-state index in [1.807, 2.05) is 20.8 Å². The summed E-state index contributed by atoms with van der Waals surface area (Å²) in [6.45, 7) is 5.74. The van der Waals surface area contributed by atoms with Crippen molar-refractivity contribution in [1.82, 2.24) is 4.90 Å². The SMILES string of the molecule is CC(C)(C)OC(=O)N1CCc2cc3c(c(Br)c2CC1)OCCN3CC(F)(F)F. The summed E-state index contributed by atoms with van der Waals surface area (Å²) in [5.41, 5.74) is 1.76. The van der Waals surface area contributed by atoms with Crippen molar-refractivity contribution in [2.75, 3.05) is 37.7 Å². The van der Waals surface area contributed by atoms with Crippen LogP contribution in [-0.2, 0) is 17.6 Å². The lowest BCUT2D eigenvalue weighted by Gasteiger charge is -2.33. The molecular weight excluding hydrogens is 441 g/mol. The molecule has 5 nitrogen and oxygen atoms in total. The summed E-state index contributed by atoms with van der Waals surface area (Å²) in [6, 6.07) is 1.78. The largest absolute Gasteiger partial charge is 0.488 e. The molecule has 1 aromatic rings. The molecule has 0 radical (unpaired) electrons. The van der Waals surface area contributed by atoms with Crippen molar-refractivity contribution in [2.24, 2.45) is 0 Å². The van der Waals surface area contributed by atoms with Gasteiger partial charge >= 0.3 is 12.3 Å². The highest BCUT2D eigenvalue weighted by atomic mass is 79.9. The van der Waals surface area contributed by atoms with Crippen LogP contribution in [0.1, 0.15) is 31.9 Å². The van der Waals surface area contributed by atoms with Crippen molar-refractivity contribution < 1.29 is 27.4 Å². The number of anilines is 1. The number of carbonyl (C=O) groups is 1. The van der Waals surface area contributed by atoms with E-state index in [1.165, 1.54) is 4.90 Å². The lowest BCUT2D eigenvalue weighted by Crippen LogP contribution is -2.40. The van der Waals surface area contributed by atoms with Gasteiger partial charge in [0.1, 0.15) is 18.8 Å². The van der Waals surface area contributed by atoms with Gasteiger partial charge in [-0.15, -0.1) is 0 Å². The average Bonchev–Trinajstić information content (AvgIpc) is 2.76. The third-order valence-corrected chi connectivity index (χ3v) is 5.49. The standard InChI is InChI=1S/C19H24BrF3N2O3/c1-18(2,3)28-17(26)24-6-4-12-10-14-16(15(20)13(12)5-7-24)27-9-8-25(14)11-19(21,22)23/h10H,4-9,11H2,1-3H3. The predicted molar refractivity (Wildman–Crippen MR) is 103 cm³/mol. The normalized spacial score (nSPS) is 17.4. The molecule has 156 valence electrons. The highest BCUT2D eigenvalue weighted by Gasteiger charge is 2.35. The highest BCUT2D eigenvalue weighted by molar-refractivity contribution is 9.10. The zero-order valence-electron chi connectivity index (χ0n) is 16.2. The molecule has 1 amide bonds. The number of ether oxygens (including phenoxy) is 2. The zero-order chi connectivity index (χ0) is 20.7. The van der Waals surface area contributed by atoms with E-state index in [4.69, 9.17) is 9.47 Å². The second-order valence-electron chi connectivity index (χ2n) is 8.03. The van der Waals surface area contributed by atoms with Gasteiger partial charge < -0.3 is 19.3 Å². The molecule has 0 saturated heterocycles. The maximum absolute atomic E-state index is 13.0. The first-order valence-electron chi connectivity index (χ1n) is 9.21. The number of benzene rings is 1. The summed E-state index contributed by atoms with van der Waals surface area (Å²) in [5.74, 6) is 0.444. The Bertz CT molecular complexity index is 762. The molecule has 0 bridgehead atoms. The number of halogens is 4. The fraction of sp³-hybridized carbons (Fsp3) is 0.632. The van der Waals surface area contributed by atoms with Crippen molar-refractivity contribution >= 4 is 27.7 Å². The molecule has 0 atom stereocenters. The summed E-state index contributed by atoms with van der Waals surface area (Å²) < 4.78 is 50.7. The Hall–Kier alpha value is -1.64. The van der Waals surface area contributed by atoms with Gasteiger partial charge in [-0.2, -0.15) is 13.2 Å². The Morgan fingerprint density at radius 2 is 1.89 bits per heavy atom. The number of amides is 1. The Labute approximate surface area is 170 Å².